The Hall–Kier alpha value is -1.45. The molecule has 0 bridgehead atoms. The Kier molecular flexibility index (Phi) is 1.85. The minimum absolute atomic E-state index is 0.273. The maximum Gasteiger partial charge on any atom is 0.108 e. The lowest BCUT2D eigenvalue weighted by Gasteiger charge is -1.89. The molecule has 0 aliphatic carbocycles. The predicted molar refractivity (Wildman–Crippen MR) is 45.9 cm³/mol. The van der Waals surface area contributed by atoms with Crippen molar-refractivity contribution in [3.63, 3.8) is 0 Å². The molecule has 0 spiro atoms. The molecule has 0 aromatic rings. The summed E-state index contributed by atoms with van der Waals surface area (Å²) in [6.45, 7) is 3.59. The third-order valence-corrected chi connectivity index (χ3v) is 2.20. The van der Waals surface area contributed by atoms with Crippen molar-refractivity contribution < 1.29 is 0 Å². The van der Waals surface area contributed by atoms with Gasteiger partial charge in [0.2, 0.25) is 0 Å². The molecule has 0 radical (unpaired) electrons. The van der Waals surface area contributed by atoms with Crippen molar-refractivity contribution in [1.82, 2.24) is 0 Å². The number of rotatable bonds is 0. The van der Waals surface area contributed by atoms with Gasteiger partial charge in [-0.25, -0.2) is 0 Å². The lowest BCUT2D eigenvalue weighted by molar-refractivity contribution is 1.51. The minimum atomic E-state index is 0.273. The van der Waals surface area contributed by atoms with Gasteiger partial charge < -0.3 is 0 Å². The number of hydrogen-bond donors (Lipinski definition) is 1. The van der Waals surface area contributed by atoms with Gasteiger partial charge in [0.25, 0.3) is 0 Å². The summed E-state index contributed by atoms with van der Waals surface area (Å²) < 4.78 is 0. The summed E-state index contributed by atoms with van der Waals surface area (Å²) in [5.74, 6) is 2.34. The van der Waals surface area contributed by atoms with Crippen LogP contribution in [0.2, 0.25) is 0 Å². The molecular formula is C8H4N2S. The van der Waals surface area contributed by atoms with E-state index in [-0.39, 0.29) is 5.04 Å². The highest BCUT2D eigenvalue weighted by Gasteiger charge is 2.22. The lowest BCUT2D eigenvalue weighted by atomic mass is 10.1. The highest BCUT2D eigenvalue weighted by atomic mass is 32.2. The van der Waals surface area contributed by atoms with Crippen LogP contribution in [0, 0.1) is 29.1 Å². The Balaban J connectivity index is 3.21. The molecule has 11 heavy (non-hydrogen) atoms. The summed E-state index contributed by atoms with van der Waals surface area (Å²) in [6.07, 6.45) is 5.12. The van der Waals surface area contributed by atoms with E-state index in [0.29, 0.717) is 16.1 Å². The van der Waals surface area contributed by atoms with Crippen LogP contribution in [-0.4, -0.2) is 5.04 Å². The SMILES string of the molecule is C#CC1=C(C#N)SC(=N)C1=C. The number of nitrogens with zero attached hydrogens (tertiary/aromatic N) is 1. The van der Waals surface area contributed by atoms with E-state index in [9.17, 15) is 0 Å². The molecule has 0 saturated heterocycles. The van der Waals surface area contributed by atoms with Gasteiger partial charge in [0, 0.05) is 5.57 Å². The van der Waals surface area contributed by atoms with Gasteiger partial charge in [-0.05, 0) is 0 Å². The molecule has 1 aliphatic rings. The summed E-state index contributed by atoms with van der Waals surface area (Å²) in [5.41, 5.74) is 0.941. The molecule has 1 rings (SSSR count). The van der Waals surface area contributed by atoms with Crippen LogP contribution in [0.5, 0.6) is 0 Å². The second-order valence-corrected chi connectivity index (χ2v) is 2.89. The van der Waals surface area contributed by atoms with E-state index in [1.807, 2.05) is 6.07 Å². The van der Waals surface area contributed by atoms with Gasteiger partial charge in [0.15, 0.2) is 0 Å². The zero-order valence-corrected chi connectivity index (χ0v) is 6.46. The standard InChI is InChI=1S/C8H4N2S/c1-3-6-5(2)8(10)11-7(6)4-9/h1,10H,2H2. The van der Waals surface area contributed by atoms with Crippen molar-refractivity contribution in [3.05, 3.63) is 22.6 Å². The topological polar surface area (TPSA) is 47.6 Å². The minimum Gasteiger partial charge on any atom is -0.293 e. The van der Waals surface area contributed by atoms with E-state index < -0.39 is 0 Å². The fraction of sp³-hybridized carbons (Fsp3) is 0. The van der Waals surface area contributed by atoms with Crippen molar-refractivity contribution in [2.24, 2.45) is 0 Å². The highest BCUT2D eigenvalue weighted by molar-refractivity contribution is 8.18. The van der Waals surface area contributed by atoms with Crippen LogP contribution in [0.25, 0.3) is 0 Å². The molecule has 0 fully saturated rings. The highest BCUT2D eigenvalue weighted by Crippen LogP contribution is 2.35. The van der Waals surface area contributed by atoms with Crippen molar-refractivity contribution in [3.8, 4) is 18.4 Å². The molecule has 0 aromatic heterocycles. The van der Waals surface area contributed by atoms with E-state index in [4.69, 9.17) is 17.1 Å². The quantitative estimate of drug-likeness (QED) is 0.548. The summed E-state index contributed by atoms with van der Waals surface area (Å²) >= 11 is 1.07. The maximum absolute atomic E-state index is 8.54. The van der Waals surface area contributed by atoms with Crippen LogP contribution in [0.15, 0.2) is 22.6 Å². The Morgan fingerprint density at radius 3 is 2.64 bits per heavy atom. The largest absolute Gasteiger partial charge is 0.293 e. The molecule has 52 valence electrons. The monoisotopic (exact) mass is 160 g/mol. The van der Waals surface area contributed by atoms with Gasteiger partial charge >= 0.3 is 0 Å². The maximum atomic E-state index is 8.54. The Morgan fingerprint density at radius 1 is 1.64 bits per heavy atom. The van der Waals surface area contributed by atoms with E-state index >= 15 is 0 Å². The molecule has 2 nitrogen and oxygen atoms in total. The van der Waals surface area contributed by atoms with E-state index in [1.165, 1.54) is 0 Å². The van der Waals surface area contributed by atoms with Crippen molar-refractivity contribution >= 4 is 16.8 Å². The van der Waals surface area contributed by atoms with Crippen LogP contribution < -0.4 is 0 Å². The van der Waals surface area contributed by atoms with Crippen molar-refractivity contribution in [1.29, 1.82) is 10.7 Å². The fourth-order valence-corrected chi connectivity index (χ4v) is 1.46. The number of hydrogen-bond acceptors (Lipinski definition) is 3. The first-order valence-corrected chi connectivity index (χ1v) is 3.59. The van der Waals surface area contributed by atoms with Crippen LogP contribution in [0.1, 0.15) is 0 Å². The van der Waals surface area contributed by atoms with Gasteiger partial charge in [0.05, 0.1) is 5.57 Å². The van der Waals surface area contributed by atoms with Crippen LogP contribution in [-0.2, 0) is 0 Å². The molecule has 1 N–H and O–H groups in total. The molecule has 1 aliphatic heterocycles. The first kappa shape index (κ1) is 7.65. The molecule has 0 aromatic carbocycles. The van der Waals surface area contributed by atoms with Crippen LogP contribution in [0.3, 0.4) is 0 Å². The van der Waals surface area contributed by atoms with Gasteiger partial charge in [-0.1, -0.05) is 24.3 Å². The average molecular weight is 160 g/mol. The lowest BCUT2D eigenvalue weighted by Crippen LogP contribution is -1.87. The van der Waals surface area contributed by atoms with E-state index in [1.54, 1.807) is 0 Å². The number of nitriles is 1. The third-order valence-electron chi connectivity index (χ3n) is 1.25. The smallest absolute Gasteiger partial charge is 0.108 e. The van der Waals surface area contributed by atoms with Crippen LogP contribution >= 0.6 is 11.8 Å². The number of nitrogens with one attached hydrogen (secondary N) is 1. The molecular weight excluding hydrogens is 156 g/mol. The summed E-state index contributed by atoms with van der Waals surface area (Å²) in [6, 6.07) is 1.92. The van der Waals surface area contributed by atoms with Gasteiger partial charge in [-0.15, -0.1) is 6.42 Å². The number of terminal acetylenes is 1. The van der Waals surface area contributed by atoms with Gasteiger partial charge in [-0.3, -0.25) is 5.41 Å². The second kappa shape index (κ2) is 2.65. The van der Waals surface area contributed by atoms with E-state index in [0.717, 1.165) is 11.8 Å². The Labute approximate surface area is 69.1 Å². The Bertz CT molecular complexity index is 349. The average Bonchev–Trinajstić information content (AvgIpc) is 2.28. The van der Waals surface area contributed by atoms with Gasteiger partial charge in [0.1, 0.15) is 16.0 Å². The summed E-state index contributed by atoms with van der Waals surface area (Å²) in [7, 11) is 0. The normalized spacial score (nSPS) is 16.5. The molecule has 0 unspecified atom stereocenters. The third kappa shape index (κ3) is 1.07. The predicted octanol–water partition coefficient (Wildman–Crippen LogP) is 1.68. The zero-order chi connectivity index (χ0) is 8.43. The second-order valence-electron chi connectivity index (χ2n) is 1.87. The zero-order valence-electron chi connectivity index (χ0n) is 5.64. The molecule has 3 heteroatoms. The summed E-state index contributed by atoms with van der Waals surface area (Å²) in [5, 5.41) is 16.1. The van der Waals surface area contributed by atoms with Crippen molar-refractivity contribution in [2.45, 2.75) is 0 Å². The first-order valence-electron chi connectivity index (χ1n) is 2.77. The number of allylic oxidation sites excluding steroid dienone is 2. The van der Waals surface area contributed by atoms with E-state index in [2.05, 4.69) is 12.5 Å². The fourth-order valence-electron chi connectivity index (χ4n) is 0.697. The first-order chi connectivity index (χ1) is 5.20. The molecule has 1 heterocycles. The van der Waals surface area contributed by atoms with Crippen molar-refractivity contribution in [2.75, 3.05) is 0 Å². The summed E-state index contributed by atoms with van der Waals surface area (Å²) in [4.78, 5) is 0.405. The molecule has 0 saturated carbocycles. The Morgan fingerprint density at radius 2 is 2.27 bits per heavy atom. The molecule has 0 amide bonds. The van der Waals surface area contributed by atoms with Crippen LogP contribution in [0.4, 0.5) is 0 Å². The molecule has 0 atom stereocenters. The van der Waals surface area contributed by atoms with Gasteiger partial charge in [-0.2, -0.15) is 5.26 Å². The number of thioether (sulfide) groups is 1.